The van der Waals surface area contributed by atoms with Crippen molar-refractivity contribution in [2.24, 2.45) is 18.7 Å². The first-order valence-corrected chi connectivity index (χ1v) is 9.31. The van der Waals surface area contributed by atoms with E-state index in [1.165, 1.54) is 0 Å². The molecule has 0 aliphatic carbocycles. The molecular weight excluding hydrogens is 346 g/mol. The maximum Gasteiger partial charge on any atom is 0.254 e. The summed E-state index contributed by atoms with van der Waals surface area (Å²) in [5, 5.41) is 5.31. The van der Waals surface area contributed by atoms with E-state index in [9.17, 15) is 9.59 Å². The molecule has 0 unspecified atom stereocenters. The normalized spacial score (nSPS) is 19.3. The molecule has 0 radical (unpaired) electrons. The van der Waals surface area contributed by atoms with E-state index < -0.39 is 0 Å². The first kappa shape index (κ1) is 17.8. The third kappa shape index (κ3) is 3.14. The summed E-state index contributed by atoms with van der Waals surface area (Å²) in [7, 11) is 3.43. The summed E-state index contributed by atoms with van der Waals surface area (Å²) in [6, 6.07) is 5.92. The van der Waals surface area contributed by atoms with E-state index in [2.05, 4.69) is 10.00 Å². The minimum Gasteiger partial charge on any atom is -0.481 e. The molecule has 144 valence electrons. The van der Waals surface area contributed by atoms with Crippen LogP contribution in [0, 0.1) is 5.92 Å². The Morgan fingerprint density at radius 1 is 1.22 bits per heavy atom. The SMILES string of the molecule is COc1c2ccc(C(=O)N3CC(N4CCC(C(N)=O)CC4)C3)cc2nn1C. The highest BCUT2D eigenvalue weighted by atomic mass is 16.5. The number of benzene rings is 1. The van der Waals surface area contributed by atoms with Gasteiger partial charge in [0.05, 0.1) is 18.0 Å². The van der Waals surface area contributed by atoms with E-state index in [4.69, 9.17) is 10.5 Å². The third-order valence-electron chi connectivity index (χ3n) is 5.82. The summed E-state index contributed by atoms with van der Waals surface area (Å²) >= 11 is 0. The molecule has 2 fully saturated rings. The van der Waals surface area contributed by atoms with Gasteiger partial charge in [-0.05, 0) is 44.1 Å². The molecule has 8 heteroatoms. The molecule has 2 aliphatic rings. The number of likely N-dealkylation sites (tertiary alicyclic amines) is 2. The molecule has 1 aromatic carbocycles. The number of nitrogens with two attached hydrogens (primary N) is 1. The lowest BCUT2D eigenvalue weighted by Gasteiger charge is -2.47. The van der Waals surface area contributed by atoms with Crippen molar-refractivity contribution in [1.29, 1.82) is 0 Å². The molecule has 0 saturated carbocycles. The Morgan fingerprint density at radius 3 is 2.56 bits per heavy atom. The van der Waals surface area contributed by atoms with Gasteiger partial charge in [-0.3, -0.25) is 14.5 Å². The van der Waals surface area contributed by atoms with Crippen LogP contribution in [-0.4, -0.2) is 70.7 Å². The van der Waals surface area contributed by atoms with E-state index >= 15 is 0 Å². The number of nitrogens with zero attached hydrogens (tertiary/aromatic N) is 4. The molecule has 0 atom stereocenters. The first-order chi connectivity index (χ1) is 13.0. The Hall–Kier alpha value is -2.61. The van der Waals surface area contributed by atoms with Gasteiger partial charge in [-0.15, -0.1) is 0 Å². The highest BCUT2D eigenvalue weighted by molar-refractivity contribution is 5.99. The Bertz CT molecular complexity index is 879. The molecule has 2 aliphatic heterocycles. The van der Waals surface area contributed by atoms with Crippen LogP contribution in [0.25, 0.3) is 10.9 Å². The highest BCUT2D eigenvalue weighted by Gasteiger charge is 2.37. The van der Waals surface area contributed by atoms with Crippen molar-refractivity contribution in [1.82, 2.24) is 19.6 Å². The molecule has 0 spiro atoms. The molecule has 2 amide bonds. The molecule has 1 aromatic heterocycles. The van der Waals surface area contributed by atoms with Gasteiger partial charge in [-0.25, -0.2) is 4.68 Å². The predicted molar refractivity (Wildman–Crippen MR) is 100 cm³/mol. The zero-order chi connectivity index (χ0) is 19.1. The van der Waals surface area contributed by atoms with Gasteiger partial charge in [0.25, 0.3) is 5.91 Å². The van der Waals surface area contributed by atoms with Crippen LogP contribution in [0.2, 0.25) is 0 Å². The summed E-state index contributed by atoms with van der Waals surface area (Å²) in [6.45, 7) is 3.20. The van der Waals surface area contributed by atoms with Gasteiger partial charge in [0.15, 0.2) is 0 Å². The van der Waals surface area contributed by atoms with Crippen LogP contribution in [0.15, 0.2) is 18.2 Å². The molecule has 4 rings (SSSR count). The minimum atomic E-state index is -0.193. The number of primary amides is 1. The van der Waals surface area contributed by atoms with Gasteiger partial charge in [0, 0.05) is 37.7 Å². The number of hydrogen-bond acceptors (Lipinski definition) is 5. The second kappa shape index (κ2) is 6.84. The average molecular weight is 371 g/mol. The van der Waals surface area contributed by atoms with Crippen LogP contribution in [0.5, 0.6) is 5.88 Å². The van der Waals surface area contributed by atoms with Crippen molar-refractivity contribution in [3.05, 3.63) is 23.8 Å². The number of fused-ring (bicyclic) bond motifs is 1. The lowest BCUT2D eigenvalue weighted by atomic mass is 9.93. The monoisotopic (exact) mass is 371 g/mol. The van der Waals surface area contributed by atoms with Crippen molar-refractivity contribution < 1.29 is 14.3 Å². The molecule has 2 aromatic rings. The fourth-order valence-corrected chi connectivity index (χ4v) is 4.14. The molecule has 0 bridgehead atoms. The van der Waals surface area contributed by atoms with Crippen LogP contribution < -0.4 is 10.5 Å². The fourth-order valence-electron chi connectivity index (χ4n) is 4.14. The zero-order valence-electron chi connectivity index (χ0n) is 15.7. The lowest BCUT2D eigenvalue weighted by Crippen LogP contribution is -2.62. The van der Waals surface area contributed by atoms with E-state index in [0.29, 0.717) is 17.5 Å². The number of carbonyl (C=O) groups excluding carboxylic acids is 2. The van der Waals surface area contributed by atoms with Gasteiger partial charge in [-0.2, -0.15) is 5.10 Å². The summed E-state index contributed by atoms with van der Waals surface area (Å²) in [4.78, 5) is 28.3. The summed E-state index contributed by atoms with van der Waals surface area (Å²) in [5.74, 6) is 0.528. The number of carbonyl (C=O) groups is 2. The van der Waals surface area contributed by atoms with Crippen molar-refractivity contribution in [2.45, 2.75) is 18.9 Å². The summed E-state index contributed by atoms with van der Waals surface area (Å²) in [5.41, 5.74) is 6.80. The number of aryl methyl sites for hydroxylation is 1. The average Bonchev–Trinajstić information content (AvgIpc) is 2.94. The van der Waals surface area contributed by atoms with E-state index in [-0.39, 0.29) is 17.7 Å². The lowest BCUT2D eigenvalue weighted by molar-refractivity contribution is -0.123. The van der Waals surface area contributed by atoms with Gasteiger partial charge >= 0.3 is 0 Å². The van der Waals surface area contributed by atoms with Gasteiger partial charge in [-0.1, -0.05) is 0 Å². The van der Waals surface area contributed by atoms with E-state index in [1.807, 2.05) is 30.1 Å². The number of methoxy groups -OCH3 is 1. The molecule has 3 heterocycles. The molecule has 2 saturated heterocycles. The molecular formula is C19H25N5O3. The van der Waals surface area contributed by atoms with Gasteiger partial charge in [0.2, 0.25) is 11.8 Å². The second-order valence-corrected chi connectivity index (χ2v) is 7.44. The fraction of sp³-hybridized carbons (Fsp3) is 0.526. The predicted octanol–water partition coefficient (Wildman–Crippen LogP) is 0.604. The smallest absolute Gasteiger partial charge is 0.254 e. The van der Waals surface area contributed by atoms with Crippen molar-refractivity contribution in [2.75, 3.05) is 33.3 Å². The summed E-state index contributed by atoms with van der Waals surface area (Å²) in [6.07, 6.45) is 1.63. The second-order valence-electron chi connectivity index (χ2n) is 7.44. The number of rotatable bonds is 4. The number of hydrogen-bond donors (Lipinski definition) is 1. The van der Waals surface area contributed by atoms with Crippen LogP contribution in [0.4, 0.5) is 0 Å². The topological polar surface area (TPSA) is 93.7 Å². The van der Waals surface area contributed by atoms with E-state index in [0.717, 1.165) is 49.9 Å². The van der Waals surface area contributed by atoms with Crippen LogP contribution in [-0.2, 0) is 11.8 Å². The summed E-state index contributed by atoms with van der Waals surface area (Å²) < 4.78 is 7.03. The quantitative estimate of drug-likeness (QED) is 0.850. The minimum absolute atomic E-state index is 0.00107. The molecule has 27 heavy (non-hydrogen) atoms. The Labute approximate surface area is 157 Å². The number of aromatic nitrogens is 2. The molecule has 2 N–H and O–H groups in total. The van der Waals surface area contributed by atoms with Crippen LogP contribution in [0.1, 0.15) is 23.2 Å². The van der Waals surface area contributed by atoms with E-state index in [1.54, 1.807) is 11.8 Å². The van der Waals surface area contributed by atoms with Crippen molar-refractivity contribution >= 4 is 22.7 Å². The van der Waals surface area contributed by atoms with Crippen LogP contribution >= 0.6 is 0 Å². The maximum absolute atomic E-state index is 12.8. The Morgan fingerprint density at radius 2 is 1.93 bits per heavy atom. The van der Waals surface area contributed by atoms with Crippen LogP contribution in [0.3, 0.4) is 0 Å². The number of piperidine rings is 1. The first-order valence-electron chi connectivity index (χ1n) is 9.31. The standard InChI is InChI=1S/C19H25N5O3/c1-22-19(27-2)15-4-3-13(9-16(15)21-22)18(26)24-10-14(11-24)23-7-5-12(6-8-23)17(20)25/h3-4,9,12,14H,5-8,10-11H2,1-2H3,(H2,20,25). The van der Waals surface area contributed by atoms with Gasteiger partial charge < -0.3 is 15.4 Å². The third-order valence-corrected chi connectivity index (χ3v) is 5.82. The highest BCUT2D eigenvalue weighted by Crippen LogP contribution is 2.28. The molecule has 8 nitrogen and oxygen atoms in total. The largest absolute Gasteiger partial charge is 0.481 e. The van der Waals surface area contributed by atoms with Gasteiger partial charge in [0.1, 0.15) is 0 Å². The Balaban J connectivity index is 1.38. The Kier molecular flexibility index (Phi) is 4.51. The van der Waals surface area contributed by atoms with Crippen molar-refractivity contribution in [3.63, 3.8) is 0 Å². The number of ether oxygens (including phenoxy) is 1. The zero-order valence-corrected chi connectivity index (χ0v) is 15.7. The number of amides is 2. The maximum atomic E-state index is 12.8. The van der Waals surface area contributed by atoms with Crippen molar-refractivity contribution in [3.8, 4) is 5.88 Å².